The largest absolute Gasteiger partial charge is 0.403 e. The van der Waals surface area contributed by atoms with Gasteiger partial charge in [0.15, 0.2) is 0 Å². The third-order valence-electron chi connectivity index (χ3n) is 1.43. The average molecular weight is 167 g/mol. The first-order valence-electron chi connectivity index (χ1n) is 3.36. The normalized spacial score (nSPS) is 14.6. The first-order chi connectivity index (χ1) is 4.88. The Bertz CT molecular complexity index is 139. The average Bonchev–Trinajstić information content (AvgIpc) is 1.85. The van der Waals surface area contributed by atoms with Gasteiger partial charge in [-0.2, -0.15) is 13.2 Å². The fourth-order valence-electron chi connectivity index (χ4n) is 0.571. The molecule has 0 radical (unpaired) electrons. The van der Waals surface area contributed by atoms with Gasteiger partial charge >= 0.3 is 6.18 Å². The Labute approximate surface area is 64.1 Å². The van der Waals surface area contributed by atoms with Crippen molar-refractivity contribution in [2.24, 2.45) is 5.73 Å². The van der Waals surface area contributed by atoms with Gasteiger partial charge in [0.2, 0.25) is 0 Å². The van der Waals surface area contributed by atoms with Crippen molar-refractivity contribution in [3.63, 3.8) is 0 Å². The molecule has 1 atom stereocenters. The van der Waals surface area contributed by atoms with Gasteiger partial charge in [-0.15, -0.1) is 0 Å². The van der Waals surface area contributed by atoms with E-state index in [1.54, 1.807) is 6.92 Å². The van der Waals surface area contributed by atoms with Gasteiger partial charge in [0.25, 0.3) is 0 Å². The van der Waals surface area contributed by atoms with E-state index >= 15 is 0 Å². The van der Waals surface area contributed by atoms with E-state index in [2.05, 4.69) is 6.58 Å². The van der Waals surface area contributed by atoms with Crippen LogP contribution in [0, 0.1) is 0 Å². The molecular weight excluding hydrogens is 155 g/mol. The highest BCUT2D eigenvalue weighted by molar-refractivity contribution is 4.97. The molecule has 0 bridgehead atoms. The molecule has 0 saturated heterocycles. The van der Waals surface area contributed by atoms with E-state index in [1.807, 2.05) is 0 Å². The molecule has 0 rings (SSSR count). The van der Waals surface area contributed by atoms with Crippen molar-refractivity contribution < 1.29 is 13.2 Å². The summed E-state index contributed by atoms with van der Waals surface area (Å²) in [4.78, 5) is 0. The topological polar surface area (TPSA) is 26.0 Å². The number of alkyl halides is 3. The zero-order valence-corrected chi connectivity index (χ0v) is 6.41. The summed E-state index contributed by atoms with van der Waals surface area (Å²) < 4.78 is 35.3. The molecular formula is C7H12F3N. The minimum atomic E-state index is -4.29. The van der Waals surface area contributed by atoms with Crippen LogP contribution in [0.2, 0.25) is 0 Å². The third kappa shape index (κ3) is 4.03. The van der Waals surface area contributed by atoms with Crippen molar-refractivity contribution in [2.45, 2.75) is 32.0 Å². The van der Waals surface area contributed by atoms with Crippen LogP contribution in [0.25, 0.3) is 0 Å². The molecule has 1 unspecified atom stereocenters. The van der Waals surface area contributed by atoms with Gasteiger partial charge in [0.1, 0.15) is 6.04 Å². The highest BCUT2D eigenvalue weighted by atomic mass is 19.4. The summed E-state index contributed by atoms with van der Waals surface area (Å²) >= 11 is 0. The quantitative estimate of drug-likeness (QED) is 0.641. The van der Waals surface area contributed by atoms with Crippen molar-refractivity contribution in [1.82, 2.24) is 0 Å². The molecule has 4 heteroatoms. The molecule has 11 heavy (non-hydrogen) atoms. The summed E-state index contributed by atoms with van der Waals surface area (Å²) in [7, 11) is 0. The monoisotopic (exact) mass is 167 g/mol. The lowest BCUT2D eigenvalue weighted by molar-refractivity contribution is -0.147. The van der Waals surface area contributed by atoms with Gasteiger partial charge in [-0.05, 0) is 12.8 Å². The zero-order chi connectivity index (χ0) is 9.07. The third-order valence-corrected chi connectivity index (χ3v) is 1.43. The van der Waals surface area contributed by atoms with Crippen molar-refractivity contribution in [1.29, 1.82) is 0 Å². The Morgan fingerprint density at radius 2 is 2.00 bits per heavy atom. The summed E-state index contributed by atoms with van der Waals surface area (Å²) in [6.45, 7) is 5.20. The molecule has 0 heterocycles. The molecule has 0 aromatic heterocycles. The number of rotatable bonds is 3. The predicted molar refractivity (Wildman–Crippen MR) is 38.1 cm³/mol. The van der Waals surface area contributed by atoms with Crippen molar-refractivity contribution >= 4 is 0 Å². The van der Waals surface area contributed by atoms with Crippen molar-refractivity contribution in [2.75, 3.05) is 0 Å². The maximum atomic E-state index is 11.8. The van der Waals surface area contributed by atoms with Crippen LogP contribution < -0.4 is 5.73 Å². The first kappa shape index (κ1) is 10.5. The minimum absolute atomic E-state index is 0.167. The maximum Gasteiger partial charge on any atom is 0.403 e. The second kappa shape index (κ2) is 3.76. The lowest BCUT2D eigenvalue weighted by Crippen LogP contribution is -2.37. The molecule has 0 fully saturated rings. The fourth-order valence-corrected chi connectivity index (χ4v) is 0.571. The molecule has 0 aliphatic rings. The molecule has 0 aromatic rings. The van der Waals surface area contributed by atoms with Crippen LogP contribution in [0.3, 0.4) is 0 Å². The Kier molecular flexibility index (Phi) is 3.58. The van der Waals surface area contributed by atoms with Crippen LogP contribution in [0.1, 0.15) is 19.8 Å². The Morgan fingerprint density at radius 1 is 1.55 bits per heavy atom. The Hall–Kier alpha value is -0.510. The second-order valence-corrected chi connectivity index (χ2v) is 2.46. The van der Waals surface area contributed by atoms with Crippen molar-refractivity contribution in [3.8, 4) is 0 Å². The molecule has 66 valence electrons. The number of hydrogen-bond donors (Lipinski definition) is 1. The molecule has 0 amide bonds. The van der Waals surface area contributed by atoms with E-state index in [9.17, 15) is 13.2 Å². The van der Waals surface area contributed by atoms with Gasteiger partial charge in [0.05, 0.1) is 0 Å². The van der Waals surface area contributed by atoms with E-state index < -0.39 is 12.2 Å². The molecule has 0 aliphatic carbocycles. The summed E-state index contributed by atoms with van der Waals surface area (Å²) in [6, 6.07) is -1.75. The van der Waals surface area contributed by atoms with Crippen molar-refractivity contribution in [3.05, 3.63) is 12.2 Å². The predicted octanol–water partition coefficient (Wildman–Crippen LogP) is 2.23. The molecule has 0 aromatic carbocycles. The summed E-state index contributed by atoms with van der Waals surface area (Å²) in [6.07, 6.45) is -3.91. The smallest absolute Gasteiger partial charge is 0.320 e. The standard InChI is InChI=1S/C7H12F3N/c1-3-5(2)4-6(11)7(8,9)10/h6H,2-4,11H2,1H3. The lowest BCUT2D eigenvalue weighted by atomic mass is 10.1. The molecule has 1 nitrogen and oxygen atoms in total. The first-order valence-corrected chi connectivity index (χ1v) is 3.36. The van der Waals surface area contributed by atoms with Crippen LogP contribution in [0.4, 0.5) is 13.2 Å². The minimum Gasteiger partial charge on any atom is -0.320 e. The maximum absolute atomic E-state index is 11.8. The van der Waals surface area contributed by atoms with Crippen LogP contribution in [0.5, 0.6) is 0 Å². The van der Waals surface area contributed by atoms with Gasteiger partial charge in [-0.1, -0.05) is 19.1 Å². The summed E-state index contributed by atoms with van der Waals surface area (Å²) in [5.41, 5.74) is 5.38. The molecule has 0 saturated carbocycles. The lowest BCUT2D eigenvalue weighted by Gasteiger charge is -2.15. The molecule has 2 N–H and O–H groups in total. The molecule has 0 aliphatic heterocycles. The van der Waals surface area contributed by atoms with Crippen LogP contribution in [0.15, 0.2) is 12.2 Å². The van der Waals surface area contributed by atoms with Gasteiger partial charge in [0, 0.05) is 0 Å². The van der Waals surface area contributed by atoms with Crippen LogP contribution in [-0.2, 0) is 0 Å². The SMILES string of the molecule is C=C(CC)CC(N)C(F)(F)F. The fraction of sp³-hybridized carbons (Fsp3) is 0.714. The highest BCUT2D eigenvalue weighted by Crippen LogP contribution is 2.23. The highest BCUT2D eigenvalue weighted by Gasteiger charge is 2.36. The number of nitrogens with two attached hydrogens (primary N) is 1. The summed E-state index contributed by atoms with van der Waals surface area (Å²) in [5, 5.41) is 0. The molecule has 0 spiro atoms. The zero-order valence-electron chi connectivity index (χ0n) is 6.41. The van der Waals surface area contributed by atoms with E-state index in [0.29, 0.717) is 12.0 Å². The van der Waals surface area contributed by atoms with Gasteiger partial charge < -0.3 is 5.73 Å². The Morgan fingerprint density at radius 3 is 2.27 bits per heavy atom. The summed E-state index contributed by atoms with van der Waals surface area (Å²) in [5.74, 6) is 0. The Balaban J connectivity index is 3.87. The number of hydrogen-bond acceptors (Lipinski definition) is 1. The second-order valence-electron chi connectivity index (χ2n) is 2.46. The van der Waals surface area contributed by atoms with Crippen LogP contribution in [-0.4, -0.2) is 12.2 Å². The van der Waals surface area contributed by atoms with E-state index in [1.165, 1.54) is 0 Å². The van der Waals surface area contributed by atoms with Gasteiger partial charge in [-0.3, -0.25) is 0 Å². The van der Waals surface area contributed by atoms with E-state index in [0.717, 1.165) is 0 Å². The van der Waals surface area contributed by atoms with Gasteiger partial charge in [-0.25, -0.2) is 0 Å². The number of halogens is 3. The van der Waals surface area contributed by atoms with E-state index in [4.69, 9.17) is 5.73 Å². The van der Waals surface area contributed by atoms with E-state index in [-0.39, 0.29) is 6.42 Å². The van der Waals surface area contributed by atoms with Crippen LogP contribution >= 0.6 is 0 Å².